The van der Waals surface area contributed by atoms with Crippen molar-refractivity contribution in [2.45, 2.75) is 6.42 Å². The van der Waals surface area contributed by atoms with Gasteiger partial charge in [0.25, 0.3) is 5.69 Å². The lowest BCUT2D eigenvalue weighted by atomic mass is 10.1. The summed E-state index contributed by atoms with van der Waals surface area (Å²) in [6.45, 7) is 1.04. The van der Waals surface area contributed by atoms with E-state index in [2.05, 4.69) is 6.07 Å². The van der Waals surface area contributed by atoms with Gasteiger partial charge in [-0.2, -0.15) is 0 Å². The first-order valence-corrected chi connectivity index (χ1v) is 7.43. The van der Waals surface area contributed by atoms with Crippen LogP contribution in [0.5, 0.6) is 0 Å². The molecule has 0 unspecified atom stereocenters. The van der Waals surface area contributed by atoms with Gasteiger partial charge in [-0.1, -0.05) is 18.2 Å². The van der Waals surface area contributed by atoms with Gasteiger partial charge in [-0.3, -0.25) is 19.8 Å². The first-order valence-electron chi connectivity index (χ1n) is 6.55. The molecule has 0 aliphatic carbocycles. The molecule has 0 aliphatic heterocycles. The maximum Gasteiger partial charge on any atom is 0.270 e. The van der Waals surface area contributed by atoms with Crippen molar-refractivity contribution >= 4 is 22.8 Å². The van der Waals surface area contributed by atoms with Crippen LogP contribution in [-0.4, -0.2) is 35.7 Å². The topological polar surface area (TPSA) is 63.5 Å². The molecule has 1 aromatic heterocycles. The Bertz CT molecular complexity index is 626. The van der Waals surface area contributed by atoms with Crippen LogP contribution in [0.1, 0.15) is 15.2 Å². The quantitative estimate of drug-likeness (QED) is 0.448. The molecule has 110 valence electrons. The SMILES string of the molecule is CN(CCc1cccs1)CC(=O)c1cccc([N+](=O)[O-])c1. The average molecular weight is 304 g/mol. The van der Waals surface area contributed by atoms with Crippen molar-refractivity contribution in [2.75, 3.05) is 20.1 Å². The van der Waals surface area contributed by atoms with Gasteiger partial charge in [0.15, 0.2) is 5.78 Å². The van der Waals surface area contributed by atoms with Crippen molar-refractivity contribution in [3.05, 3.63) is 62.3 Å². The summed E-state index contributed by atoms with van der Waals surface area (Å²) in [5.74, 6) is -0.104. The van der Waals surface area contributed by atoms with E-state index in [9.17, 15) is 14.9 Å². The number of hydrogen-bond acceptors (Lipinski definition) is 5. The van der Waals surface area contributed by atoms with E-state index in [1.807, 2.05) is 23.4 Å². The Morgan fingerprint density at radius 2 is 2.14 bits per heavy atom. The largest absolute Gasteiger partial charge is 0.299 e. The molecule has 6 heteroatoms. The molecule has 5 nitrogen and oxygen atoms in total. The number of Topliss-reactive ketones (excluding diaryl/α,β-unsaturated/α-hetero) is 1. The summed E-state index contributed by atoms with van der Waals surface area (Å²) < 4.78 is 0. The van der Waals surface area contributed by atoms with Gasteiger partial charge in [-0.15, -0.1) is 11.3 Å². The fraction of sp³-hybridized carbons (Fsp3) is 0.267. The number of carbonyl (C=O) groups excluding carboxylic acids is 1. The Labute approximate surface area is 127 Å². The smallest absolute Gasteiger partial charge is 0.270 e. The highest BCUT2D eigenvalue weighted by molar-refractivity contribution is 7.09. The van der Waals surface area contributed by atoms with Crippen LogP contribution in [0.25, 0.3) is 0 Å². The predicted molar refractivity (Wildman–Crippen MR) is 82.9 cm³/mol. The van der Waals surface area contributed by atoms with Gasteiger partial charge in [0.1, 0.15) is 0 Å². The summed E-state index contributed by atoms with van der Waals surface area (Å²) in [6, 6.07) is 9.95. The third kappa shape index (κ3) is 4.47. The molecule has 0 N–H and O–H groups in total. The molecule has 1 aromatic carbocycles. The van der Waals surface area contributed by atoms with Crippen LogP contribution in [0.4, 0.5) is 5.69 Å². The number of nitro groups is 1. The van der Waals surface area contributed by atoms with E-state index in [1.165, 1.54) is 23.1 Å². The molecular weight excluding hydrogens is 288 g/mol. The lowest BCUT2D eigenvalue weighted by Crippen LogP contribution is -2.27. The predicted octanol–water partition coefficient (Wildman–Crippen LogP) is 3.01. The van der Waals surface area contributed by atoms with E-state index in [4.69, 9.17) is 0 Å². The maximum absolute atomic E-state index is 12.1. The molecule has 0 saturated heterocycles. The number of thiophene rings is 1. The van der Waals surface area contributed by atoms with E-state index in [0.717, 1.165) is 13.0 Å². The van der Waals surface area contributed by atoms with Gasteiger partial charge in [0.2, 0.25) is 0 Å². The highest BCUT2D eigenvalue weighted by Crippen LogP contribution is 2.14. The zero-order chi connectivity index (χ0) is 15.2. The lowest BCUT2D eigenvalue weighted by Gasteiger charge is -2.15. The number of nitro benzene ring substituents is 1. The molecule has 0 radical (unpaired) electrons. The second-order valence-corrected chi connectivity index (χ2v) is 5.83. The number of ketones is 1. The van der Waals surface area contributed by atoms with Crippen LogP contribution in [0, 0.1) is 10.1 Å². The van der Waals surface area contributed by atoms with Gasteiger partial charge >= 0.3 is 0 Å². The summed E-state index contributed by atoms with van der Waals surface area (Å²) in [5, 5.41) is 12.7. The number of benzene rings is 1. The molecule has 0 spiro atoms. The molecule has 0 fully saturated rings. The van der Waals surface area contributed by atoms with Crippen LogP contribution in [0.15, 0.2) is 41.8 Å². The monoisotopic (exact) mass is 304 g/mol. The molecule has 0 bridgehead atoms. The van der Waals surface area contributed by atoms with Crippen LogP contribution >= 0.6 is 11.3 Å². The number of likely N-dealkylation sites (N-methyl/N-ethyl adjacent to an activating group) is 1. The number of carbonyl (C=O) groups is 1. The van der Waals surface area contributed by atoms with Crippen LogP contribution in [0.2, 0.25) is 0 Å². The van der Waals surface area contributed by atoms with E-state index in [0.29, 0.717) is 5.56 Å². The number of non-ortho nitro benzene ring substituents is 1. The van der Waals surface area contributed by atoms with Gasteiger partial charge in [0.05, 0.1) is 11.5 Å². The number of rotatable bonds is 7. The van der Waals surface area contributed by atoms with Crippen molar-refractivity contribution in [1.29, 1.82) is 0 Å². The number of nitrogens with zero attached hydrogens (tertiary/aromatic N) is 2. The fourth-order valence-electron chi connectivity index (χ4n) is 1.96. The summed E-state index contributed by atoms with van der Waals surface area (Å²) >= 11 is 1.70. The third-order valence-electron chi connectivity index (χ3n) is 3.11. The minimum atomic E-state index is -0.489. The van der Waals surface area contributed by atoms with Crippen molar-refractivity contribution in [2.24, 2.45) is 0 Å². The molecule has 2 rings (SSSR count). The Hall–Kier alpha value is -2.05. The summed E-state index contributed by atoms with van der Waals surface area (Å²) in [4.78, 5) is 25.6. The lowest BCUT2D eigenvalue weighted by molar-refractivity contribution is -0.384. The van der Waals surface area contributed by atoms with E-state index in [1.54, 1.807) is 17.4 Å². The molecule has 0 amide bonds. The van der Waals surface area contributed by atoms with E-state index in [-0.39, 0.29) is 18.0 Å². The molecule has 21 heavy (non-hydrogen) atoms. The van der Waals surface area contributed by atoms with Crippen molar-refractivity contribution in [1.82, 2.24) is 4.90 Å². The Morgan fingerprint density at radius 3 is 2.81 bits per heavy atom. The zero-order valence-electron chi connectivity index (χ0n) is 11.7. The molecule has 0 aliphatic rings. The van der Waals surface area contributed by atoms with Crippen LogP contribution in [0.3, 0.4) is 0 Å². The van der Waals surface area contributed by atoms with E-state index >= 15 is 0 Å². The molecule has 2 aromatic rings. The highest BCUT2D eigenvalue weighted by Gasteiger charge is 2.13. The minimum absolute atomic E-state index is 0.0536. The third-order valence-corrected chi connectivity index (χ3v) is 4.05. The Kier molecular flexibility index (Phi) is 5.19. The van der Waals surface area contributed by atoms with Gasteiger partial charge in [-0.05, 0) is 24.9 Å². The van der Waals surface area contributed by atoms with Gasteiger partial charge < -0.3 is 0 Å². The normalized spacial score (nSPS) is 10.8. The molecule has 1 heterocycles. The summed E-state index contributed by atoms with van der Waals surface area (Å²) in [6.07, 6.45) is 0.899. The zero-order valence-corrected chi connectivity index (χ0v) is 12.5. The van der Waals surface area contributed by atoms with Crippen molar-refractivity contribution in [3.63, 3.8) is 0 Å². The second kappa shape index (κ2) is 7.10. The van der Waals surface area contributed by atoms with Crippen LogP contribution < -0.4 is 0 Å². The second-order valence-electron chi connectivity index (χ2n) is 4.80. The summed E-state index contributed by atoms with van der Waals surface area (Å²) in [5.41, 5.74) is 0.328. The van der Waals surface area contributed by atoms with Crippen molar-refractivity contribution < 1.29 is 9.72 Å². The Morgan fingerprint density at radius 1 is 1.33 bits per heavy atom. The van der Waals surface area contributed by atoms with Crippen LogP contribution in [-0.2, 0) is 6.42 Å². The summed E-state index contributed by atoms with van der Waals surface area (Å²) in [7, 11) is 1.88. The minimum Gasteiger partial charge on any atom is -0.299 e. The van der Waals surface area contributed by atoms with E-state index < -0.39 is 4.92 Å². The molecule has 0 atom stereocenters. The van der Waals surface area contributed by atoms with Gasteiger partial charge in [-0.25, -0.2) is 0 Å². The van der Waals surface area contributed by atoms with Crippen molar-refractivity contribution in [3.8, 4) is 0 Å². The fourth-order valence-corrected chi connectivity index (χ4v) is 2.66. The standard InChI is InChI=1S/C15H16N2O3S/c1-16(8-7-14-6-3-9-21-14)11-15(18)12-4-2-5-13(10-12)17(19)20/h2-6,9-10H,7-8,11H2,1H3. The first kappa shape index (κ1) is 15.3. The Balaban J connectivity index is 1.91. The first-order chi connectivity index (χ1) is 10.1. The maximum atomic E-state index is 12.1. The van der Waals surface area contributed by atoms with Gasteiger partial charge in [0, 0.05) is 29.1 Å². The average Bonchev–Trinajstić information content (AvgIpc) is 2.98. The molecular formula is C15H16N2O3S. The molecule has 0 saturated carbocycles. The number of hydrogen-bond donors (Lipinski definition) is 0. The highest BCUT2D eigenvalue weighted by atomic mass is 32.1.